The van der Waals surface area contributed by atoms with Crippen molar-refractivity contribution in [1.29, 1.82) is 0 Å². The predicted molar refractivity (Wildman–Crippen MR) is 148 cm³/mol. The van der Waals surface area contributed by atoms with Crippen molar-refractivity contribution in [1.82, 2.24) is 10.0 Å². The second-order valence-corrected chi connectivity index (χ2v) is 10.6. The van der Waals surface area contributed by atoms with Crippen molar-refractivity contribution in [2.75, 3.05) is 31.7 Å². The molecule has 3 aromatic carbocycles. The maximum atomic E-state index is 12.8. The largest absolute Gasteiger partial charge is 0.490 e. The van der Waals surface area contributed by atoms with Crippen LogP contribution in [-0.4, -0.2) is 51.9 Å². The van der Waals surface area contributed by atoms with Gasteiger partial charge < -0.3 is 19.5 Å². The molecule has 1 fully saturated rings. The zero-order chi connectivity index (χ0) is 26.8. The number of carbonyl (C=O) groups is 1. The van der Waals surface area contributed by atoms with Crippen LogP contribution in [0.5, 0.6) is 11.5 Å². The first-order valence-corrected chi connectivity index (χ1v) is 14.0. The van der Waals surface area contributed by atoms with Gasteiger partial charge in [0.1, 0.15) is 24.7 Å². The normalized spacial score (nSPS) is 15.0. The van der Waals surface area contributed by atoms with E-state index in [1.54, 1.807) is 36.4 Å². The Morgan fingerprint density at radius 3 is 2.39 bits per heavy atom. The predicted octanol–water partition coefficient (Wildman–Crippen LogP) is 3.73. The lowest BCUT2D eigenvalue weighted by molar-refractivity contribution is 0.0972. The third-order valence-electron chi connectivity index (χ3n) is 5.66. The van der Waals surface area contributed by atoms with E-state index in [0.717, 1.165) is 18.6 Å². The first-order valence-electron chi connectivity index (χ1n) is 12.1. The Morgan fingerprint density at radius 2 is 1.66 bits per heavy atom. The van der Waals surface area contributed by atoms with Crippen molar-refractivity contribution in [2.24, 2.45) is 0 Å². The van der Waals surface area contributed by atoms with Gasteiger partial charge in [-0.05, 0) is 73.6 Å². The molecule has 1 aliphatic rings. The Labute approximate surface area is 227 Å². The van der Waals surface area contributed by atoms with E-state index < -0.39 is 15.9 Å². The van der Waals surface area contributed by atoms with E-state index in [0.29, 0.717) is 30.2 Å². The molecule has 1 heterocycles. The lowest BCUT2D eigenvalue weighted by atomic mass is 10.2. The highest BCUT2D eigenvalue weighted by molar-refractivity contribution is 7.89. The van der Waals surface area contributed by atoms with Gasteiger partial charge in [0.2, 0.25) is 10.0 Å². The van der Waals surface area contributed by atoms with E-state index in [1.807, 2.05) is 30.3 Å². The minimum absolute atomic E-state index is 0.0596. The summed E-state index contributed by atoms with van der Waals surface area (Å²) in [5, 5.41) is 5.57. The topological polar surface area (TPSA) is 115 Å². The number of hydrogen-bond acceptors (Lipinski definition) is 7. The van der Waals surface area contributed by atoms with Gasteiger partial charge in [-0.3, -0.25) is 10.1 Å². The first kappa shape index (κ1) is 27.5. The summed E-state index contributed by atoms with van der Waals surface area (Å²) in [5.74, 6) is 0.688. The van der Waals surface area contributed by atoms with Gasteiger partial charge in [-0.1, -0.05) is 30.3 Å². The Hall–Kier alpha value is -3.51. The van der Waals surface area contributed by atoms with Gasteiger partial charge in [0, 0.05) is 18.8 Å². The summed E-state index contributed by atoms with van der Waals surface area (Å²) in [4.78, 5) is 13.0. The number of ether oxygens (including phenoxy) is 3. The average Bonchev–Trinajstić information content (AvgIpc) is 3.45. The number of amides is 1. The van der Waals surface area contributed by atoms with Crippen LogP contribution in [0.2, 0.25) is 0 Å². The monoisotopic (exact) mass is 555 g/mol. The SMILES string of the molecule is O=C(NC(=S)Nc1ccc(S(=O)(=O)NCC2CCCO2)cc1)c1ccccc1OCCOc1ccccc1. The zero-order valence-corrected chi connectivity index (χ0v) is 22.2. The molecule has 3 N–H and O–H groups in total. The number of anilines is 1. The third-order valence-corrected chi connectivity index (χ3v) is 7.30. The maximum Gasteiger partial charge on any atom is 0.261 e. The summed E-state index contributed by atoms with van der Waals surface area (Å²) < 4.78 is 44.5. The quantitative estimate of drug-likeness (QED) is 0.242. The average molecular weight is 556 g/mol. The molecule has 4 rings (SSSR count). The van der Waals surface area contributed by atoms with Crippen LogP contribution in [0.3, 0.4) is 0 Å². The number of nitrogens with one attached hydrogen (secondary N) is 3. The molecule has 1 amide bonds. The van der Waals surface area contributed by atoms with E-state index in [1.165, 1.54) is 12.1 Å². The van der Waals surface area contributed by atoms with Crippen LogP contribution in [0.1, 0.15) is 23.2 Å². The number of sulfonamides is 1. The number of carbonyl (C=O) groups excluding carboxylic acids is 1. The summed E-state index contributed by atoms with van der Waals surface area (Å²) in [5.41, 5.74) is 0.839. The molecule has 0 saturated carbocycles. The zero-order valence-electron chi connectivity index (χ0n) is 20.6. The van der Waals surface area contributed by atoms with Crippen LogP contribution in [0.4, 0.5) is 5.69 Å². The second-order valence-electron chi connectivity index (χ2n) is 8.43. The number of rotatable bonds is 11. The summed E-state index contributed by atoms with van der Waals surface area (Å²) in [6, 6.07) is 22.3. The van der Waals surface area contributed by atoms with Crippen LogP contribution >= 0.6 is 12.2 Å². The minimum atomic E-state index is -3.66. The van der Waals surface area contributed by atoms with E-state index in [2.05, 4.69) is 15.4 Å². The second kappa shape index (κ2) is 13.3. The molecule has 200 valence electrons. The van der Waals surface area contributed by atoms with Crippen LogP contribution in [0.25, 0.3) is 0 Å². The number of hydrogen-bond donors (Lipinski definition) is 3. The van der Waals surface area contributed by atoms with Crippen molar-refractivity contribution in [2.45, 2.75) is 23.8 Å². The van der Waals surface area contributed by atoms with Gasteiger partial charge in [-0.15, -0.1) is 0 Å². The molecule has 11 heteroatoms. The van der Waals surface area contributed by atoms with Gasteiger partial charge >= 0.3 is 0 Å². The van der Waals surface area contributed by atoms with E-state index in [-0.39, 0.29) is 29.3 Å². The molecule has 3 aromatic rings. The van der Waals surface area contributed by atoms with E-state index in [4.69, 9.17) is 26.4 Å². The highest BCUT2D eigenvalue weighted by Gasteiger charge is 2.20. The molecule has 0 bridgehead atoms. The van der Waals surface area contributed by atoms with Gasteiger partial charge in [0.25, 0.3) is 5.91 Å². The summed E-state index contributed by atoms with van der Waals surface area (Å²) in [6.45, 7) is 1.46. The molecular weight excluding hydrogens is 526 g/mol. The molecule has 0 spiro atoms. The Balaban J connectivity index is 1.27. The van der Waals surface area contributed by atoms with Crippen LogP contribution in [-0.2, 0) is 14.8 Å². The molecule has 0 aromatic heterocycles. The molecule has 9 nitrogen and oxygen atoms in total. The summed E-state index contributed by atoms with van der Waals surface area (Å²) in [7, 11) is -3.66. The maximum absolute atomic E-state index is 12.8. The minimum Gasteiger partial charge on any atom is -0.490 e. The first-order chi connectivity index (χ1) is 18.4. The number of para-hydroxylation sites is 2. The molecule has 0 aliphatic carbocycles. The fourth-order valence-electron chi connectivity index (χ4n) is 3.75. The highest BCUT2D eigenvalue weighted by atomic mass is 32.2. The number of benzene rings is 3. The van der Waals surface area contributed by atoms with Gasteiger partial charge in [0.05, 0.1) is 16.6 Å². The Kier molecular flexibility index (Phi) is 9.66. The summed E-state index contributed by atoms with van der Waals surface area (Å²) >= 11 is 5.28. The Bertz CT molecular complexity index is 1330. The lowest BCUT2D eigenvalue weighted by Gasteiger charge is -2.14. The van der Waals surface area contributed by atoms with Crippen molar-refractivity contribution in [3.63, 3.8) is 0 Å². The van der Waals surface area contributed by atoms with Crippen LogP contribution in [0.15, 0.2) is 83.8 Å². The van der Waals surface area contributed by atoms with Gasteiger partial charge in [-0.25, -0.2) is 13.1 Å². The molecule has 38 heavy (non-hydrogen) atoms. The smallest absolute Gasteiger partial charge is 0.261 e. The highest BCUT2D eigenvalue weighted by Crippen LogP contribution is 2.19. The standard InChI is InChI=1S/C27H29N3O6S2/c31-26(24-10-4-5-11-25(24)36-18-17-35-21-7-2-1-3-8-21)30-27(37)29-20-12-14-23(15-13-20)38(32,33)28-19-22-9-6-16-34-22/h1-5,7-8,10-15,22,28H,6,9,16-19H2,(H2,29,30,31,37). The fourth-order valence-corrected chi connectivity index (χ4v) is 5.03. The van der Waals surface area contributed by atoms with Crippen molar-refractivity contribution < 1.29 is 27.4 Å². The molecule has 1 aliphatic heterocycles. The van der Waals surface area contributed by atoms with Gasteiger partial charge in [-0.2, -0.15) is 0 Å². The third kappa shape index (κ3) is 7.99. The van der Waals surface area contributed by atoms with Crippen molar-refractivity contribution in [3.05, 3.63) is 84.4 Å². The number of thiocarbonyl (C=S) groups is 1. The Morgan fingerprint density at radius 1 is 0.947 bits per heavy atom. The molecule has 0 radical (unpaired) electrons. The molecular formula is C27H29N3O6S2. The fraction of sp³-hybridized carbons (Fsp3) is 0.259. The van der Waals surface area contributed by atoms with E-state index >= 15 is 0 Å². The van der Waals surface area contributed by atoms with Crippen LogP contribution in [0, 0.1) is 0 Å². The van der Waals surface area contributed by atoms with E-state index in [9.17, 15) is 13.2 Å². The molecule has 1 atom stereocenters. The lowest BCUT2D eigenvalue weighted by Crippen LogP contribution is -2.34. The summed E-state index contributed by atoms with van der Waals surface area (Å²) in [6.07, 6.45) is 1.68. The van der Waals surface area contributed by atoms with Crippen LogP contribution < -0.4 is 24.8 Å². The van der Waals surface area contributed by atoms with Crippen molar-refractivity contribution >= 4 is 38.9 Å². The molecule has 1 saturated heterocycles. The van der Waals surface area contributed by atoms with Crippen molar-refractivity contribution in [3.8, 4) is 11.5 Å². The molecule has 1 unspecified atom stereocenters. The van der Waals surface area contributed by atoms with Gasteiger partial charge in [0.15, 0.2) is 5.11 Å².